The number of hydrogen-bond acceptors (Lipinski definition) is 3. The summed E-state index contributed by atoms with van der Waals surface area (Å²) in [6.07, 6.45) is 9.31. The van der Waals surface area contributed by atoms with Gasteiger partial charge in [-0.25, -0.2) is 9.37 Å². The lowest BCUT2D eigenvalue weighted by atomic mass is 10.1. The number of halogens is 1. The van der Waals surface area contributed by atoms with Crippen molar-refractivity contribution in [1.29, 1.82) is 0 Å². The van der Waals surface area contributed by atoms with Crippen molar-refractivity contribution >= 4 is 5.69 Å². The van der Waals surface area contributed by atoms with Crippen LogP contribution in [0.3, 0.4) is 0 Å². The highest BCUT2D eigenvalue weighted by atomic mass is 19.1. The van der Waals surface area contributed by atoms with Crippen molar-refractivity contribution < 1.29 is 4.39 Å². The molecular weight excluding hydrogens is 377 g/mol. The van der Waals surface area contributed by atoms with E-state index in [1.807, 2.05) is 12.1 Å². The molecular formula is C25H40FN3O. The van der Waals surface area contributed by atoms with E-state index >= 15 is 4.39 Å². The summed E-state index contributed by atoms with van der Waals surface area (Å²) in [5.74, 6) is 0.290. The van der Waals surface area contributed by atoms with Gasteiger partial charge in [-0.05, 0) is 38.8 Å². The molecule has 0 radical (unpaired) electrons. The maximum Gasteiger partial charge on any atom is 0.258 e. The summed E-state index contributed by atoms with van der Waals surface area (Å²) in [5.41, 5.74) is 1.65. The molecule has 0 fully saturated rings. The standard InChI is InChI=1S/C24H36FN3O.CH4/c1-5-7-9-11-15-27(16-12-10-8-6-2)23-14-13-21(18-22(23)25)28-20(4)26-19(3)17-24(28)29;/h13-14,17-18H,5-12,15-16H2,1-4H3;1H4. The molecule has 30 heavy (non-hydrogen) atoms. The van der Waals surface area contributed by atoms with E-state index in [9.17, 15) is 4.79 Å². The molecule has 0 saturated carbocycles. The van der Waals surface area contributed by atoms with Crippen LogP contribution < -0.4 is 10.5 Å². The lowest BCUT2D eigenvalue weighted by Gasteiger charge is -2.26. The van der Waals surface area contributed by atoms with E-state index < -0.39 is 0 Å². The summed E-state index contributed by atoms with van der Waals surface area (Å²) in [7, 11) is 0. The largest absolute Gasteiger partial charge is 0.369 e. The maximum absolute atomic E-state index is 15.1. The molecule has 2 rings (SSSR count). The predicted octanol–water partition coefficient (Wildman–Crippen LogP) is 6.59. The third-order valence-electron chi connectivity index (χ3n) is 5.31. The first kappa shape index (κ1) is 25.9. The Labute approximate surface area is 182 Å². The Kier molecular flexibility index (Phi) is 11.4. The normalized spacial score (nSPS) is 10.7. The number of benzene rings is 1. The molecule has 0 bridgehead atoms. The third-order valence-corrected chi connectivity index (χ3v) is 5.31. The minimum atomic E-state index is -0.277. The molecule has 1 aromatic carbocycles. The second-order valence-electron chi connectivity index (χ2n) is 7.86. The highest BCUT2D eigenvalue weighted by molar-refractivity contribution is 5.52. The van der Waals surface area contributed by atoms with Crippen LogP contribution in [0, 0.1) is 19.7 Å². The fourth-order valence-corrected chi connectivity index (χ4v) is 3.76. The monoisotopic (exact) mass is 417 g/mol. The zero-order valence-electron chi connectivity index (χ0n) is 18.5. The number of rotatable bonds is 12. The Balaban J connectivity index is 0.00000450. The van der Waals surface area contributed by atoms with Gasteiger partial charge in [-0.1, -0.05) is 59.8 Å². The van der Waals surface area contributed by atoms with Crippen molar-refractivity contribution in [3.8, 4) is 5.69 Å². The van der Waals surface area contributed by atoms with Gasteiger partial charge in [0.1, 0.15) is 11.6 Å². The number of hydrogen-bond donors (Lipinski definition) is 0. The van der Waals surface area contributed by atoms with Crippen LogP contribution in [0.5, 0.6) is 0 Å². The highest BCUT2D eigenvalue weighted by Crippen LogP contribution is 2.24. The average molecular weight is 418 g/mol. The Hall–Kier alpha value is -2.17. The second kappa shape index (κ2) is 13.2. The summed E-state index contributed by atoms with van der Waals surface area (Å²) >= 11 is 0. The van der Waals surface area contributed by atoms with E-state index in [0.29, 0.717) is 22.9 Å². The summed E-state index contributed by atoms with van der Waals surface area (Å²) in [5, 5.41) is 0. The molecule has 0 aliphatic rings. The van der Waals surface area contributed by atoms with Crippen LogP contribution in [-0.4, -0.2) is 22.6 Å². The van der Waals surface area contributed by atoms with E-state index in [0.717, 1.165) is 25.9 Å². The van der Waals surface area contributed by atoms with Crippen molar-refractivity contribution in [2.75, 3.05) is 18.0 Å². The lowest BCUT2D eigenvalue weighted by molar-refractivity contribution is 0.583. The third kappa shape index (κ3) is 7.26. The van der Waals surface area contributed by atoms with Gasteiger partial charge < -0.3 is 4.90 Å². The molecule has 5 heteroatoms. The van der Waals surface area contributed by atoms with Gasteiger partial charge in [0.05, 0.1) is 11.4 Å². The fourth-order valence-electron chi connectivity index (χ4n) is 3.76. The summed E-state index contributed by atoms with van der Waals surface area (Å²) in [4.78, 5) is 18.9. The van der Waals surface area contributed by atoms with Crippen LogP contribution in [-0.2, 0) is 0 Å². The van der Waals surface area contributed by atoms with Gasteiger partial charge in [0.2, 0.25) is 0 Å². The molecule has 1 aromatic heterocycles. The molecule has 0 amide bonds. The van der Waals surface area contributed by atoms with Crippen molar-refractivity contribution in [3.63, 3.8) is 0 Å². The van der Waals surface area contributed by atoms with Gasteiger partial charge >= 0.3 is 0 Å². The number of aromatic nitrogens is 2. The number of nitrogens with zero attached hydrogens (tertiary/aromatic N) is 3. The van der Waals surface area contributed by atoms with Crippen molar-refractivity contribution in [2.24, 2.45) is 0 Å². The minimum Gasteiger partial charge on any atom is -0.369 e. The molecule has 0 spiro atoms. The maximum atomic E-state index is 15.1. The van der Waals surface area contributed by atoms with E-state index in [1.54, 1.807) is 13.8 Å². The Morgan fingerprint density at radius 2 is 1.53 bits per heavy atom. The molecule has 0 unspecified atom stereocenters. The van der Waals surface area contributed by atoms with Crippen LogP contribution in [0.25, 0.3) is 5.69 Å². The first-order chi connectivity index (χ1) is 14.0. The molecule has 0 aliphatic carbocycles. The van der Waals surface area contributed by atoms with E-state index in [1.165, 1.54) is 55.2 Å². The Morgan fingerprint density at radius 1 is 0.933 bits per heavy atom. The zero-order valence-corrected chi connectivity index (χ0v) is 18.5. The van der Waals surface area contributed by atoms with Gasteiger partial charge in [-0.3, -0.25) is 9.36 Å². The highest BCUT2D eigenvalue weighted by Gasteiger charge is 2.14. The topological polar surface area (TPSA) is 38.1 Å². The van der Waals surface area contributed by atoms with Crippen LogP contribution >= 0.6 is 0 Å². The zero-order chi connectivity index (χ0) is 21.2. The van der Waals surface area contributed by atoms with Gasteiger partial charge in [-0.2, -0.15) is 0 Å². The van der Waals surface area contributed by atoms with Gasteiger partial charge in [-0.15, -0.1) is 0 Å². The lowest BCUT2D eigenvalue weighted by Crippen LogP contribution is -2.27. The molecule has 1 heterocycles. The van der Waals surface area contributed by atoms with Crippen molar-refractivity contribution in [3.05, 3.63) is 52.0 Å². The molecule has 4 nitrogen and oxygen atoms in total. The van der Waals surface area contributed by atoms with Crippen molar-refractivity contribution in [2.45, 2.75) is 86.5 Å². The molecule has 168 valence electrons. The van der Waals surface area contributed by atoms with Gasteiger partial charge in [0.15, 0.2) is 0 Å². The molecule has 0 N–H and O–H groups in total. The second-order valence-corrected chi connectivity index (χ2v) is 7.86. The van der Waals surface area contributed by atoms with E-state index in [-0.39, 0.29) is 18.8 Å². The summed E-state index contributed by atoms with van der Waals surface area (Å²) in [6.45, 7) is 9.70. The summed E-state index contributed by atoms with van der Waals surface area (Å²) < 4.78 is 16.6. The fraction of sp³-hybridized carbons (Fsp3) is 0.600. The minimum absolute atomic E-state index is 0. The molecule has 2 aromatic rings. The number of anilines is 1. The van der Waals surface area contributed by atoms with Crippen molar-refractivity contribution in [1.82, 2.24) is 9.55 Å². The quantitative estimate of drug-likeness (QED) is 0.366. The Morgan fingerprint density at radius 3 is 2.03 bits per heavy atom. The number of unbranched alkanes of at least 4 members (excludes halogenated alkanes) is 6. The van der Waals surface area contributed by atoms with E-state index in [2.05, 4.69) is 23.7 Å². The Bertz CT molecular complexity index is 820. The SMILES string of the molecule is C.CCCCCCN(CCCCCC)c1ccc(-n2c(C)nc(C)cc2=O)cc1F. The molecule has 0 aliphatic heterocycles. The van der Waals surface area contributed by atoms with E-state index in [4.69, 9.17) is 0 Å². The summed E-state index contributed by atoms with van der Waals surface area (Å²) in [6, 6.07) is 6.59. The first-order valence-electron chi connectivity index (χ1n) is 11.1. The van der Waals surface area contributed by atoms with Crippen LogP contribution in [0.4, 0.5) is 10.1 Å². The number of aryl methyl sites for hydroxylation is 2. The first-order valence-corrected chi connectivity index (χ1v) is 11.1. The smallest absolute Gasteiger partial charge is 0.258 e. The van der Waals surface area contributed by atoms with Crippen LogP contribution in [0.1, 0.15) is 84.2 Å². The van der Waals surface area contributed by atoms with Crippen LogP contribution in [0.15, 0.2) is 29.1 Å². The average Bonchev–Trinajstić information content (AvgIpc) is 2.66. The van der Waals surface area contributed by atoms with Crippen LogP contribution in [0.2, 0.25) is 0 Å². The predicted molar refractivity (Wildman–Crippen MR) is 126 cm³/mol. The van der Waals surface area contributed by atoms with Gasteiger partial charge in [0.25, 0.3) is 5.56 Å². The van der Waals surface area contributed by atoms with Gasteiger partial charge in [0, 0.05) is 30.9 Å². The molecule has 0 saturated heterocycles. The molecule has 0 atom stereocenters.